The third-order valence-corrected chi connectivity index (χ3v) is 5.05. The second-order valence-electron chi connectivity index (χ2n) is 7.07. The van der Waals surface area contributed by atoms with E-state index < -0.39 is 0 Å². The molecule has 5 nitrogen and oxygen atoms in total. The van der Waals surface area contributed by atoms with Gasteiger partial charge in [0.05, 0.1) is 17.8 Å². The minimum absolute atomic E-state index is 0.184. The average molecular weight is 397 g/mol. The van der Waals surface area contributed by atoms with Gasteiger partial charge in [0, 0.05) is 18.4 Å². The molecule has 1 heterocycles. The highest BCUT2D eigenvalue weighted by atomic mass is 35.5. The number of rotatable bonds is 6. The molecule has 2 aromatic carbocycles. The largest absolute Gasteiger partial charge is 0.495 e. The molecule has 0 aliphatic heterocycles. The van der Waals surface area contributed by atoms with Gasteiger partial charge in [-0.1, -0.05) is 55.8 Å². The number of methoxy groups -OCH3 is 1. The van der Waals surface area contributed by atoms with Crippen molar-refractivity contribution < 1.29 is 4.74 Å². The van der Waals surface area contributed by atoms with Crippen molar-refractivity contribution in [3.8, 4) is 5.75 Å². The molecule has 0 bridgehead atoms. The molecule has 0 spiro atoms. The number of nitrogens with two attached hydrogens (primary N) is 2. The Morgan fingerprint density at radius 2 is 1.75 bits per heavy atom. The van der Waals surface area contributed by atoms with Crippen molar-refractivity contribution >= 4 is 23.4 Å². The molecule has 0 atom stereocenters. The molecule has 0 amide bonds. The standard InChI is InChI=1S/C22H25ClN4O/c1-13(2)16-12-20(28-3)18(23)11-15(16)10-17-19(26-22(25)27-21(17)24)9-14-7-5-4-6-8-14/h4-8,11-13H,9-10H2,1-3H3,(H4,24,25,26,27). The zero-order chi connectivity index (χ0) is 20.3. The highest BCUT2D eigenvalue weighted by molar-refractivity contribution is 6.32. The van der Waals surface area contributed by atoms with E-state index in [-0.39, 0.29) is 5.95 Å². The minimum Gasteiger partial charge on any atom is -0.495 e. The number of nitrogens with zero attached hydrogens (tertiary/aromatic N) is 2. The van der Waals surface area contributed by atoms with Crippen molar-refractivity contribution in [3.63, 3.8) is 0 Å². The average Bonchev–Trinajstić information content (AvgIpc) is 2.65. The fourth-order valence-corrected chi connectivity index (χ4v) is 3.61. The van der Waals surface area contributed by atoms with Crippen molar-refractivity contribution in [1.82, 2.24) is 9.97 Å². The van der Waals surface area contributed by atoms with Gasteiger partial charge in [-0.2, -0.15) is 4.98 Å². The summed E-state index contributed by atoms with van der Waals surface area (Å²) in [5.41, 5.74) is 17.2. The number of ether oxygens (including phenoxy) is 1. The second kappa shape index (κ2) is 8.48. The summed E-state index contributed by atoms with van der Waals surface area (Å²) in [7, 11) is 1.62. The van der Waals surface area contributed by atoms with Crippen LogP contribution in [0.1, 0.15) is 47.7 Å². The Morgan fingerprint density at radius 1 is 1.04 bits per heavy atom. The maximum absolute atomic E-state index is 6.40. The zero-order valence-electron chi connectivity index (χ0n) is 16.4. The van der Waals surface area contributed by atoms with Crippen LogP contribution in [0, 0.1) is 0 Å². The van der Waals surface area contributed by atoms with E-state index >= 15 is 0 Å². The Hall–Kier alpha value is -2.79. The summed E-state index contributed by atoms with van der Waals surface area (Å²) in [5, 5.41) is 0.571. The monoisotopic (exact) mass is 396 g/mol. The van der Waals surface area contributed by atoms with E-state index in [1.165, 1.54) is 0 Å². The maximum atomic E-state index is 6.40. The SMILES string of the molecule is COc1cc(C(C)C)c(Cc2c(N)nc(N)nc2Cc2ccccc2)cc1Cl. The summed E-state index contributed by atoms with van der Waals surface area (Å²) in [6.45, 7) is 4.28. The van der Waals surface area contributed by atoms with E-state index in [0.29, 0.717) is 35.3 Å². The predicted molar refractivity (Wildman–Crippen MR) is 115 cm³/mol. The quantitative estimate of drug-likeness (QED) is 0.635. The number of halogens is 1. The van der Waals surface area contributed by atoms with Crippen LogP contribution in [0.3, 0.4) is 0 Å². The molecule has 0 unspecified atom stereocenters. The molecule has 0 aliphatic carbocycles. The van der Waals surface area contributed by atoms with Gasteiger partial charge in [-0.05, 0) is 34.7 Å². The lowest BCUT2D eigenvalue weighted by Crippen LogP contribution is -2.11. The van der Waals surface area contributed by atoms with Crippen molar-refractivity contribution in [3.05, 3.63) is 75.4 Å². The van der Waals surface area contributed by atoms with Gasteiger partial charge in [-0.15, -0.1) is 0 Å². The van der Waals surface area contributed by atoms with Crippen LogP contribution in [0.2, 0.25) is 5.02 Å². The number of anilines is 2. The van der Waals surface area contributed by atoms with Crippen LogP contribution < -0.4 is 16.2 Å². The molecule has 0 saturated carbocycles. The molecule has 3 rings (SSSR count). The second-order valence-corrected chi connectivity index (χ2v) is 7.48. The Kier molecular flexibility index (Phi) is 6.05. The Bertz CT molecular complexity index is 974. The van der Waals surface area contributed by atoms with Gasteiger partial charge >= 0.3 is 0 Å². The molecule has 3 aromatic rings. The normalized spacial score (nSPS) is 11.0. The molecule has 0 saturated heterocycles. The molecular formula is C22H25ClN4O. The van der Waals surface area contributed by atoms with Crippen LogP contribution in [0.25, 0.3) is 0 Å². The predicted octanol–water partition coefficient (Wildman–Crippen LogP) is 4.61. The first kappa shape index (κ1) is 20.0. The van der Waals surface area contributed by atoms with Crippen LogP contribution in [0.15, 0.2) is 42.5 Å². The number of nitrogen functional groups attached to an aromatic ring is 2. The lowest BCUT2D eigenvalue weighted by molar-refractivity contribution is 0.414. The summed E-state index contributed by atoms with van der Waals surface area (Å²) in [5.74, 6) is 1.55. The lowest BCUT2D eigenvalue weighted by atomic mass is 9.91. The van der Waals surface area contributed by atoms with Crippen LogP contribution in [-0.4, -0.2) is 17.1 Å². The lowest BCUT2D eigenvalue weighted by Gasteiger charge is -2.18. The van der Waals surface area contributed by atoms with Gasteiger partial charge < -0.3 is 16.2 Å². The Balaban J connectivity index is 2.06. The van der Waals surface area contributed by atoms with Crippen LogP contribution in [0.5, 0.6) is 5.75 Å². The summed E-state index contributed by atoms with van der Waals surface area (Å²) in [4.78, 5) is 8.67. The van der Waals surface area contributed by atoms with Gasteiger partial charge in [0.2, 0.25) is 5.95 Å². The van der Waals surface area contributed by atoms with Gasteiger partial charge in [0.1, 0.15) is 11.6 Å². The summed E-state index contributed by atoms with van der Waals surface area (Å²) in [6.07, 6.45) is 1.21. The summed E-state index contributed by atoms with van der Waals surface area (Å²) in [6, 6.07) is 14.0. The molecular weight excluding hydrogens is 372 g/mol. The smallest absolute Gasteiger partial charge is 0.222 e. The number of hydrogen-bond donors (Lipinski definition) is 2. The van der Waals surface area contributed by atoms with E-state index in [2.05, 4.69) is 35.9 Å². The van der Waals surface area contributed by atoms with Crippen LogP contribution >= 0.6 is 11.6 Å². The van der Waals surface area contributed by atoms with E-state index in [4.69, 9.17) is 27.8 Å². The van der Waals surface area contributed by atoms with Gasteiger partial charge in [0.25, 0.3) is 0 Å². The molecule has 1 aromatic heterocycles. The number of benzene rings is 2. The molecule has 146 valence electrons. The molecule has 28 heavy (non-hydrogen) atoms. The van der Waals surface area contributed by atoms with Crippen LogP contribution in [-0.2, 0) is 12.8 Å². The summed E-state index contributed by atoms with van der Waals surface area (Å²) >= 11 is 6.40. The van der Waals surface area contributed by atoms with Crippen molar-refractivity contribution in [2.24, 2.45) is 0 Å². The van der Waals surface area contributed by atoms with Gasteiger partial charge in [0.15, 0.2) is 0 Å². The first-order chi connectivity index (χ1) is 13.4. The fourth-order valence-electron chi connectivity index (χ4n) is 3.35. The Labute approximate surface area is 170 Å². The third-order valence-electron chi connectivity index (χ3n) is 4.76. The topological polar surface area (TPSA) is 87.0 Å². The molecule has 4 N–H and O–H groups in total. The fraction of sp³-hybridized carbons (Fsp3) is 0.273. The number of hydrogen-bond acceptors (Lipinski definition) is 5. The molecule has 0 aliphatic rings. The third kappa shape index (κ3) is 4.37. The zero-order valence-corrected chi connectivity index (χ0v) is 17.1. The van der Waals surface area contributed by atoms with Gasteiger partial charge in [-0.3, -0.25) is 0 Å². The maximum Gasteiger partial charge on any atom is 0.222 e. The number of aromatic nitrogens is 2. The first-order valence-corrected chi connectivity index (χ1v) is 9.57. The Morgan fingerprint density at radius 3 is 2.39 bits per heavy atom. The van der Waals surface area contributed by atoms with Crippen molar-refractivity contribution in [2.75, 3.05) is 18.6 Å². The van der Waals surface area contributed by atoms with Crippen LogP contribution in [0.4, 0.5) is 11.8 Å². The summed E-state index contributed by atoms with van der Waals surface area (Å²) < 4.78 is 5.39. The van der Waals surface area contributed by atoms with Gasteiger partial charge in [-0.25, -0.2) is 4.98 Å². The highest BCUT2D eigenvalue weighted by Gasteiger charge is 2.18. The van der Waals surface area contributed by atoms with E-state index in [1.54, 1.807) is 7.11 Å². The van der Waals surface area contributed by atoms with Crippen molar-refractivity contribution in [1.29, 1.82) is 0 Å². The molecule has 6 heteroatoms. The van der Waals surface area contributed by atoms with E-state index in [0.717, 1.165) is 27.9 Å². The molecule has 0 radical (unpaired) electrons. The molecule has 0 fully saturated rings. The highest BCUT2D eigenvalue weighted by Crippen LogP contribution is 2.34. The van der Waals surface area contributed by atoms with E-state index in [1.807, 2.05) is 30.3 Å². The van der Waals surface area contributed by atoms with E-state index in [9.17, 15) is 0 Å². The minimum atomic E-state index is 0.184. The first-order valence-electron chi connectivity index (χ1n) is 9.20. The van der Waals surface area contributed by atoms with Crippen molar-refractivity contribution in [2.45, 2.75) is 32.6 Å².